The van der Waals surface area contributed by atoms with Gasteiger partial charge in [0.05, 0.1) is 0 Å². The van der Waals surface area contributed by atoms with E-state index in [-0.39, 0.29) is 5.56 Å². The van der Waals surface area contributed by atoms with Crippen molar-refractivity contribution >= 4 is 0 Å². The molecule has 2 N–H and O–H groups in total. The van der Waals surface area contributed by atoms with Crippen molar-refractivity contribution < 1.29 is 4.74 Å². The maximum absolute atomic E-state index is 12.0. The third-order valence-electron chi connectivity index (χ3n) is 3.66. The van der Waals surface area contributed by atoms with Crippen LogP contribution in [0.25, 0.3) is 0 Å². The molecule has 1 fully saturated rings. The maximum Gasteiger partial charge on any atom is 0.255 e. The minimum absolute atomic E-state index is 0.0788. The van der Waals surface area contributed by atoms with E-state index in [4.69, 9.17) is 4.74 Å². The molecule has 1 aliphatic rings. The summed E-state index contributed by atoms with van der Waals surface area (Å²) in [4.78, 5) is 19.1. The number of nitrogens with one attached hydrogen (secondary N) is 2. The Labute approximate surface area is 107 Å². The van der Waals surface area contributed by atoms with Crippen LogP contribution in [-0.4, -0.2) is 23.1 Å². The number of H-pyrrole nitrogens is 1. The van der Waals surface area contributed by atoms with Gasteiger partial charge in [-0.25, -0.2) is 4.98 Å². The monoisotopic (exact) mass is 251 g/mol. The highest BCUT2D eigenvalue weighted by molar-refractivity contribution is 5.09. The Morgan fingerprint density at radius 2 is 2.33 bits per heavy atom. The van der Waals surface area contributed by atoms with Crippen LogP contribution < -0.4 is 10.9 Å². The van der Waals surface area contributed by atoms with Gasteiger partial charge in [0.15, 0.2) is 0 Å². The first-order valence-electron chi connectivity index (χ1n) is 6.46. The van der Waals surface area contributed by atoms with Gasteiger partial charge < -0.3 is 15.0 Å². The van der Waals surface area contributed by atoms with Gasteiger partial charge in [0.25, 0.3) is 5.56 Å². The zero-order valence-electron chi connectivity index (χ0n) is 11.2. The summed E-state index contributed by atoms with van der Waals surface area (Å²) in [5.41, 5.74) is 0.0757. The molecule has 2 rings (SSSR count). The molecule has 0 bridgehead atoms. The second kappa shape index (κ2) is 5.20. The van der Waals surface area contributed by atoms with Gasteiger partial charge in [-0.3, -0.25) is 4.79 Å². The number of hydrogen-bond donors (Lipinski definition) is 2. The Bertz CT molecular complexity index is 462. The van der Waals surface area contributed by atoms with E-state index in [1.807, 2.05) is 13.8 Å². The van der Waals surface area contributed by atoms with Crippen LogP contribution in [0.1, 0.15) is 44.5 Å². The summed E-state index contributed by atoms with van der Waals surface area (Å²) in [6.45, 7) is 4.52. The van der Waals surface area contributed by atoms with Gasteiger partial charge in [-0.1, -0.05) is 6.92 Å². The Hall–Kier alpha value is -1.20. The highest BCUT2D eigenvalue weighted by atomic mass is 16.5. The molecule has 5 nitrogen and oxygen atoms in total. The third-order valence-corrected chi connectivity index (χ3v) is 3.66. The van der Waals surface area contributed by atoms with Gasteiger partial charge in [-0.15, -0.1) is 0 Å². The molecule has 18 heavy (non-hydrogen) atoms. The fourth-order valence-electron chi connectivity index (χ4n) is 1.77. The fraction of sp³-hybridized carbons (Fsp3) is 0.692. The second-order valence-corrected chi connectivity index (χ2v) is 5.03. The summed E-state index contributed by atoms with van der Waals surface area (Å²) in [6.07, 6.45) is 4.82. The van der Waals surface area contributed by atoms with Crippen molar-refractivity contribution in [2.45, 2.75) is 51.3 Å². The summed E-state index contributed by atoms with van der Waals surface area (Å²) < 4.78 is 5.43. The first kappa shape index (κ1) is 13.2. The molecule has 0 aliphatic heterocycles. The number of rotatable bonds is 6. The van der Waals surface area contributed by atoms with Crippen LogP contribution >= 0.6 is 0 Å². The van der Waals surface area contributed by atoms with Crippen molar-refractivity contribution in [3.63, 3.8) is 0 Å². The van der Waals surface area contributed by atoms with E-state index in [1.54, 1.807) is 13.3 Å². The van der Waals surface area contributed by atoms with Crippen LogP contribution in [0.4, 0.5) is 0 Å². The summed E-state index contributed by atoms with van der Waals surface area (Å²) in [6, 6.07) is 0.587. The molecule has 5 heteroatoms. The normalized spacial score (nSPS) is 18.6. The Morgan fingerprint density at radius 3 is 2.83 bits per heavy atom. The van der Waals surface area contributed by atoms with Gasteiger partial charge in [0.1, 0.15) is 11.4 Å². The quantitative estimate of drug-likeness (QED) is 0.799. The van der Waals surface area contributed by atoms with E-state index in [0.717, 1.165) is 6.42 Å². The lowest BCUT2D eigenvalue weighted by Gasteiger charge is -2.25. The van der Waals surface area contributed by atoms with Crippen LogP contribution in [0.2, 0.25) is 0 Å². The minimum atomic E-state index is -0.526. The first-order chi connectivity index (χ1) is 8.59. The number of ether oxygens (including phenoxy) is 1. The summed E-state index contributed by atoms with van der Waals surface area (Å²) >= 11 is 0. The maximum atomic E-state index is 12.0. The van der Waals surface area contributed by atoms with E-state index in [0.29, 0.717) is 24.0 Å². The van der Waals surface area contributed by atoms with Crippen molar-refractivity contribution in [3.8, 4) is 0 Å². The molecule has 0 spiro atoms. The van der Waals surface area contributed by atoms with E-state index in [9.17, 15) is 4.79 Å². The van der Waals surface area contributed by atoms with Crippen LogP contribution in [0.3, 0.4) is 0 Å². The van der Waals surface area contributed by atoms with E-state index in [2.05, 4.69) is 15.3 Å². The average Bonchev–Trinajstić information content (AvgIpc) is 3.20. The first-order valence-corrected chi connectivity index (χ1v) is 6.46. The van der Waals surface area contributed by atoms with E-state index >= 15 is 0 Å². The zero-order valence-corrected chi connectivity index (χ0v) is 11.2. The highest BCUT2D eigenvalue weighted by Crippen LogP contribution is 2.24. The number of methoxy groups -OCH3 is 1. The smallest absolute Gasteiger partial charge is 0.255 e. The van der Waals surface area contributed by atoms with E-state index in [1.165, 1.54) is 12.8 Å². The van der Waals surface area contributed by atoms with Crippen LogP contribution in [0.15, 0.2) is 11.0 Å². The Balaban J connectivity index is 2.15. The van der Waals surface area contributed by atoms with Gasteiger partial charge in [0, 0.05) is 31.5 Å². The molecule has 0 radical (unpaired) electrons. The Kier molecular flexibility index (Phi) is 3.82. The van der Waals surface area contributed by atoms with Crippen molar-refractivity contribution in [1.29, 1.82) is 0 Å². The van der Waals surface area contributed by atoms with Crippen LogP contribution in [-0.2, 0) is 16.9 Å². The van der Waals surface area contributed by atoms with Gasteiger partial charge in [0.2, 0.25) is 0 Å². The van der Waals surface area contributed by atoms with Gasteiger partial charge in [-0.05, 0) is 26.2 Å². The predicted molar refractivity (Wildman–Crippen MR) is 69.4 cm³/mol. The SMILES string of the molecule is CCC(C)(OC)c1ncc(CNC2CC2)c(=O)[nH]1. The standard InChI is InChI=1S/C13H21N3O2/c1-4-13(2,18-3)12-15-8-9(11(17)16-12)7-14-10-5-6-10/h8,10,14H,4-7H2,1-3H3,(H,15,16,17). The lowest BCUT2D eigenvalue weighted by molar-refractivity contribution is -0.00923. The molecule has 1 aromatic heterocycles. The van der Waals surface area contributed by atoms with Crippen molar-refractivity contribution in [2.75, 3.05) is 7.11 Å². The van der Waals surface area contributed by atoms with E-state index < -0.39 is 5.60 Å². The summed E-state index contributed by atoms with van der Waals surface area (Å²) in [5.74, 6) is 0.590. The lowest BCUT2D eigenvalue weighted by atomic mass is 10.0. The second-order valence-electron chi connectivity index (χ2n) is 5.03. The fourth-order valence-corrected chi connectivity index (χ4v) is 1.77. The molecule has 1 saturated carbocycles. The molecular formula is C13H21N3O2. The average molecular weight is 251 g/mol. The molecule has 0 aromatic carbocycles. The van der Waals surface area contributed by atoms with Gasteiger partial charge in [-0.2, -0.15) is 0 Å². The molecule has 1 unspecified atom stereocenters. The summed E-state index contributed by atoms with van der Waals surface area (Å²) in [7, 11) is 1.63. The molecule has 1 aliphatic carbocycles. The molecule has 0 saturated heterocycles. The van der Waals surface area contributed by atoms with Crippen molar-refractivity contribution in [3.05, 3.63) is 27.9 Å². The number of aromatic nitrogens is 2. The topological polar surface area (TPSA) is 67.0 Å². The zero-order chi connectivity index (χ0) is 13.2. The molecule has 1 aromatic rings. The van der Waals surface area contributed by atoms with Gasteiger partial charge >= 0.3 is 0 Å². The minimum Gasteiger partial charge on any atom is -0.371 e. The molecule has 0 amide bonds. The van der Waals surface area contributed by atoms with Crippen LogP contribution in [0, 0.1) is 0 Å². The predicted octanol–water partition coefficient (Wildman–Crippen LogP) is 1.29. The number of nitrogens with zero attached hydrogens (tertiary/aromatic N) is 1. The largest absolute Gasteiger partial charge is 0.371 e. The molecule has 100 valence electrons. The molecule has 1 heterocycles. The lowest BCUT2D eigenvalue weighted by Crippen LogP contribution is -2.31. The molecule has 1 atom stereocenters. The third kappa shape index (κ3) is 2.79. The van der Waals surface area contributed by atoms with Crippen molar-refractivity contribution in [1.82, 2.24) is 15.3 Å². The number of hydrogen-bond acceptors (Lipinski definition) is 4. The number of aromatic amines is 1. The Morgan fingerprint density at radius 1 is 1.61 bits per heavy atom. The summed E-state index contributed by atoms with van der Waals surface area (Å²) in [5, 5.41) is 3.31. The van der Waals surface area contributed by atoms with Crippen LogP contribution in [0.5, 0.6) is 0 Å². The highest BCUT2D eigenvalue weighted by Gasteiger charge is 2.27. The molecular weight excluding hydrogens is 230 g/mol. The van der Waals surface area contributed by atoms with Crippen molar-refractivity contribution in [2.24, 2.45) is 0 Å².